The van der Waals surface area contributed by atoms with Crippen LogP contribution >= 0.6 is 11.6 Å². The third-order valence-electron chi connectivity index (χ3n) is 2.42. The Hall–Kier alpha value is -2.16. The van der Waals surface area contributed by atoms with Crippen LogP contribution in [0.2, 0.25) is 0 Å². The molecule has 0 unspecified atom stereocenters. The van der Waals surface area contributed by atoms with Crippen molar-refractivity contribution in [2.24, 2.45) is 0 Å². The lowest BCUT2D eigenvalue weighted by molar-refractivity contribution is -0.384. The minimum Gasteiger partial charge on any atom is -0.258 e. The van der Waals surface area contributed by atoms with Gasteiger partial charge in [0.25, 0.3) is 5.69 Å². The number of nitro benzene ring substituents is 1. The van der Waals surface area contributed by atoms with Gasteiger partial charge in [-0.2, -0.15) is 13.2 Å². The Morgan fingerprint density at radius 1 is 1.40 bits per heavy atom. The smallest absolute Gasteiger partial charge is 0.258 e. The summed E-state index contributed by atoms with van der Waals surface area (Å²) >= 11 is 5.52. The number of benzene rings is 1. The summed E-state index contributed by atoms with van der Waals surface area (Å²) in [7, 11) is 0. The van der Waals surface area contributed by atoms with E-state index in [-0.39, 0.29) is 11.6 Å². The topological polar surface area (TPSA) is 73.8 Å². The molecule has 0 radical (unpaired) electrons. The molecule has 10 heteroatoms. The average molecular weight is 307 g/mol. The Labute approximate surface area is 114 Å². The van der Waals surface area contributed by atoms with Crippen molar-refractivity contribution in [3.63, 3.8) is 0 Å². The van der Waals surface area contributed by atoms with Gasteiger partial charge in [0, 0.05) is 6.07 Å². The third-order valence-corrected chi connectivity index (χ3v) is 2.70. The zero-order valence-corrected chi connectivity index (χ0v) is 10.4. The normalized spacial score (nSPS) is 11.6. The predicted octanol–water partition coefficient (Wildman–Crippen LogP) is 2.93. The second-order valence-electron chi connectivity index (χ2n) is 3.75. The van der Waals surface area contributed by atoms with Crippen molar-refractivity contribution in [2.45, 2.75) is 12.1 Å². The molecule has 0 bridgehead atoms. The highest BCUT2D eigenvalue weighted by molar-refractivity contribution is 6.16. The molecule has 0 spiro atoms. The first-order valence-electron chi connectivity index (χ1n) is 5.16. The standard InChI is InChI=1S/C10H6ClF3N4O2/c11-4-7-5-17(16-15-7)8-2-1-6(10(12,13)14)3-9(8)18(19)20/h1-3,5H,4H2. The first-order valence-corrected chi connectivity index (χ1v) is 5.69. The van der Waals surface area contributed by atoms with E-state index in [9.17, 15) is 23.3 Å². The molecule has 0 amide bonds. The second kappa shape index (κ2) is 5.08. The van der Waals surface area contributed by atoms with Gasteiger partial charge in [0.05, 0.1) is 28.3 Å². The molecule has 106 valence electrons. The molecule has 0 fully saturated rings. The maximum absolute atomic E-state index is 12.5. The molecule has 0 aliphatic rings. The molecule has 0 atom stereocenters. The van der Waals surface area contributed by atoms with Crippen LogP contribution in [0.5, 0.6) is 0 Å². The Balaban J connectivity index is 2.56. The van der Waals surface area contributed by atoms with Gasteiger partial charge in [-0.15, -0.1) is 16.7 Å². The lowest BCUT2D eigenvalue weighted by Crippen LogP contribution is -2.08. The SMILES string of the molecule is O=[N+]([O-])c1cc(C(F)(F)F)ccc1-n1cc(CCl)nn1. The first kappa shape index (κ1) is 14.3. The quantitative estimate of drug-likeness (QED) is 0.496. The zero-order valence-electron chi connectivity index (χ0n) is 9.63. The van der Waals surface area contributed by atoms with Crippen LogP contribution in [0.25, 0.3) is 5.69 Å². The number of nitrogens with zero attached hydrogens (tertiary/aromatic N) is 4. The number of hydrogen-bond donors (Lipinski definition) is 0. The number of hydrogen-bond acceptors (Lipinski definition) is 4. The van der Waals surface area contributed by atoms with Crippen molar-refractivity contribution in [3.05, 3.63) is 45.8 Å². The fourth-order valence-corrected chi connectivity index (χ4v) is 1.64. The van der Waals surface area contributed by atoms with Crippen molar-refractivity contribution in [3.8, 4) is 5.69 Å². The van der Waals surface area contributed by atoms with E-state index in [0.717, 1.165) is 16.8 Å². The molecule has 1 heterocycles. The molecule has 0 aliphatic heterocycles. The average Bonchev–Trinajstić information content (AvgIpc) is 2.85. The number of rotatable bonds is 3. The second-order valence-corrected chi connectivity index (χ2v) is 4.01. The first-order chi connectivity index (χ1) is 9.32. The maximum atomic E-state index is 12.5. The van der Waals surface area contributed by atoms with Crippen molar-refractivity contribution < 1.29 is 18.1 Å². The highest BCUT2D eigenvalue weighted by atomic mass is 35.5. The van der Waals surface area contributed by atoms with Crippen LogP contribution in [0, 0.1) is 10.1 Å². The maximum Gasteiger partial charge on any atom is 0.416 e. The summed E-state index contributed by atoms with van der Waals surface area (Å²) in [4.78, 5) is 9.99. The van der Waals surface area contributed by atoms with Crippen molar-refractivity contribution in [2.75, 3.05) is 0 Å². The van der Waals surface area contributed by atoms with E-state index in [1.807, 2.05) is 0 Å². The van der Waals surface area contributed by atoms with E-state index < -0.39 is 22.4 Å². The minimum absolute atomic E-state index is 0.0361. The molecule has 0 saturated heterocycles. The van der Waals surface area contributed by atoms with Gasteiger partial charge in [-0.05, 0) is 12.1 Å². The van der Waals surface area contributed by atoms with Crippen molar-refractivity contribution in [1.82, 2.24) is 15.0 Å². The molecule has 20 heavy (non-hydrogen) atoms. The highest BCUT2D eigenvalue weighted by Crippen LogP contribution is 2.34. The van der Waals surface area contributed by atoms with Crippen LogP contribution < -0.4 is 0 Å². The molecule has 0 N–H and O–H groups in total. The molecular formula is C10H6ClF3N4O2. The summed E-state index contributed by atoms with van der Waals surface area (Å²) in [5, 5.41) is 18.1. The van der Waals surface area contributed by atoms with Gasteiger partial charge in [-0.1, -0.05) is 5.21 Å². The van der Waals surface area contributed by atoms with Gasteiger partial charge in [-0.25, -0.2) is 4.68 Å². The van der Waals surface area contributed by atoms with E-state index in [2.05, 4.69) is 10.3 Å². The third kappa shape index (κ3) is 2.72. The van der Waals surface area contributed by atoms with Crippen molar-refractivity contribution in [1.29, 1.82) is 0 Å². The van der Waals surface area contributed by atoms with Crippen LogP contribution in [0.15, 0.2) is 24.4 Å². The largest absolute Gasteiger partial charge is 0.416 e. The summed E-state index contributed by atoms with van der Waals surface area (Å²) in [5.41, 5.74) is -1.59. The summed E-state index contributed by atoms with van der Waals surface area (Å²) in [5.74, 6) is 0.0361. The van der Waals surface area contributed by atoms with E-state index in [4.69, 9.17) is 11.6 Å². The van der Waals surface area contributed by atoms with E-state index in [1.165, 1.54) is 6.20 Å². The van der Waals surface area contributed by atoms with Crippen LogP contribution in [0.3, 0.4) is 0 Å². The summed E-state index contributed by atoms with van der Waals surface area (Å²) < 4.78 is 38.7. The summed E-state index contributed by atoms with van der Waals surface area (Å²) in [6.07, 6.45) is -3.35. The summed E-state index contributed by atoms with van der Waals surface area (Å²) in [6, 6.07) is 2.16. The monoisotopic (exact) mass is 306 g/mol. The molecule has 0 saturated carbocycles. The van der Waals surface area contributed by atoms with Gasteiger partial charge >= 0.3 is 6.18 Å². The minimum atomic E-state index is -4.66. The summed E-state index contributed by atoms with van der Waals surface area (Å²) in [6.45, 7) is 0. The van der Waals surface area contributed by atoms with Gasteiger partial charge in [-0.3, -0.25) is 10.1 Å². The van der Waals surface area contributed by atoms with E-state index >= 15 is 0 Å². The Morgan fingerprint density at radius 3 is 2.60 bits per heavy atom. The van der Waals surface area contributed by atoms with Crippen LogP contribution in [0.4, 0.5) is 18.9 Å². The fraction of sp³-hybridized carbons (Fsp3) is 0.200. The molecular weight excluding hydrogens is 301 g/mol. The van der Waals surface area contributed by atoms with Gasteiger partial charge < -0.3 is 0 Å². The van der Waals surface area contributed by atoms with Crippen LogP contribution in [-0.4, -0.2) is 19.9 Å². The number of nitro groups is 1. The van der Waals surface area contributed by atoms with Crippen LogP contribution in [-0.2, 0) is 12.1 Å². The highest BCUT2D eigenvalue weighted by Gasteiger charge is 2.33. The lowest BCUT2D eigenvalue weighted by atomic mass is 10.1. The lowest BCUT2D eigenvalue weighted by Gasteiger charge is -2.08. The predicted molar refractivity (Wildman–Crippen MR) is 62.6 cm³/mol. The molecule has 2 rings (SSSR count). The van der Waals surface area contributed by atoms with E-state index in [1.54, 1.807) is 0 Å². The Kier molecular flexibility index (Phi) is 3.62. The van der Waals surface area contributed by atoms with Gasteiger partial charge in [0.1, 0.15) is 5.69 Å². The molecule has 1 aromatic heterocycles. The van der Waals surface area contributed by atoms with Gasteiger partial charge in [0.2, 0.25) is 0 Å². The van der Waals surface area contributed by atoms with E-state index in [0.29, 0.717) is 11.8 Å². The van der Waals surface area contributed by atoms with Crippen molar-refractivity contribution >= 4 is 17.3 Å². The number of alkyl halides is 4. The van der Waals surface area contributed by atoms with Gasteiger partial charge in [0.15, 0.2) is 0 Å². The van der Waals surface area contributed by atoms with Crippen LogP contribution in [0.1, 0.15) is 11.3 Å². The molecule has 6 nitrogen and oxygen atoms in total. The number of halogens is 4. The molecule has 2 aromatic rings. The fourth-order valence-electron chi connectivity index (χ4n) is 1.52. The molecule has 1 aromatic carbocycles. The number of aromatic nitrogens is 3. The Morgan fingerprint density at radius 2 is 2.10 bits per heavy atom. The zero-order chi connectivity index (χ0) is 14.9. The molecule has 0 aliphatic carbocycles. The Bertz CT molecular complexity index is 656.